The first kappa shape index (κ1) is 20.0. The topological polar surface area (TPSA) is 45.6 Å². The lowest BCUT2D eigenvalue weighted by Crippen LogP contribution is -2.46. The van der Waals surface area contributed by atoms with Crippen LogP contribution in [-0.2, 0) is 23.2 Å². The minimum atomic E-state index is 0.0700. The Morgan fingerprint density at radius 1 is 1.15 bits per heavy atom. The zero-order valence-corrected chi connectivity index (χ0v) is 17.2. The number of aryl methyl sites for hydroxylation is 1. The summed E-state index contributed by atoms with van der Waals surface area (Å²) in [4.78, 5) is 30.2. The normalized spacial score (nSPS) is 17.6. The Hall–Kier alpha value is -1.78. The predicted octanol–water partition coefficient (Wildman–Crippen LogP) is 3.72. The summed E-state index contributed by atoms with van der Waals surface area (Å²) < 4.78 is 2.07. The Balaban J connectivity index is 1.66. The smallest absolute Gasteiger partial charge is 0.242 e. The van der Waals surface area contributed by atoms with Gasteiger partial charge in [0.2, 0.25) is 11.8 Å². The molecular formula is C22H35N3O2. The molecule has 2 fully saturated rings. The van der Waals surface area contributed by atoms with Gasteiger partial charge in [-0.15, -0.1) is 0 Å². The van der Waals surface area contributed by atoms with Gasteiger partial charge >= 0.3 is 0 Å². The second kappa shape index (κ2) is 8.94. The quantitative estimate of drug-likeness (QED) is 0.593. The first-order valence-corrected chi connectivity index (χ1v) is 10.7. The largest absolute Gasteiger partial charge is 0.353 e. The van der Waals surface area contributed by atoms with E-state index in [0.29, 0.717) is 12.6 Å². The van der Waals surface area contributed by atoms with Crippen LogP contribution in [-0.4, -0.2) is 44.8 Å². The van der Waals surface area contributed by atoms with E-state index in [0.717, 1.165) is 57.1 Å². The Kier molecular flexibility index (Phi) is 6.61. The van der Waals surface area contributed by atoms with Gasteiger partial charge in [-0.1, -0.05) is 26.7 Å². The third-order valence-corrected chi connectivity index (χ3v) is 6.02. The minimum absolute atomic E-state index is 0.0700. The molecule has 3 rings (SSSR count). The third-order valence-electron chi connectivity index (χ3n) is 6.02. The fraction of sp³-hybridized carbons (Fsp3) is 0.727. The number of aromatic nitrogens is 1. The van der Waals surface area contributed by atoms with Crippen LogP contribution in [0.2, 0.25) is 0 Å². The lowest BCUT2D eigenvalue weighted by molar-refractivity contribution is -0.144. The number of carbonyl (C=O) groups is 2. The molecule has 1 unspecified atom stereocenters. The molecule has 2 saturated carbocycles. The number of hydrogen-bond acceptors (Lipinski definition) is 2. The van der Waals surface area contributed by atoms with E-state index in [1.54, 1.807) is 0 Å². The summed E-state index contributed by atoms with van der Waals surface area (Å²) in [6, 6.07) is 4.73. The number of rotatable bonds is 11. The molecule has 5 nitrogen and oxygen atoms in total. The van der Waals surface area contributed by atoms with Crippen molar-refractivity contribution < 1.29 is 9.59 Å². The molecule has 1 heterocycles. The summed E-state index contributed by atoms with van der Waals surface area (Å²) in [6.07, 6.45) is 10.3. The van der Waals surface area contributed by atoms with Crippen molar-refractivity contribution in [2.45, 2.75) is 83.8 Å². The van der Waals surface area contributed by atoms with Gasteiger partial charge in [0.1, 0.15) is 6.54 Å². The van der Waals surface area contributed by atoms with Crippen LogP contribution in [0.5, 0.6) is 0 Å². The summed E-state index contributed by atoms with van der Waals surface area (Å²) in [7, 11) is 2.02. The highest BCUT2D eigenvalue weighted by Gasteiger charge is 2.39. The van der Waals surface area contributed by atoms with Crippen LogP contribution in [0.4, 0.5) is 0 Å². The summed E-state index contributed by atoms with van der Waals surface area (Å²) in [5.41, 5.74) is 1.15. The SMILES string of the molecule is CCCCC(CC)C(=O)N(CC(=O)N(Cc1cccn1C)C1CC1)C1CC1. The number of nitrogens with zero attached hydrogens (tertiary/aromatic N) is 3. The molecule has 0 aliphatic heterocycles. The van der Waals surface area contributed by atoms with E-state index in [9.17, 15) is 9.59 Å². The standard InChI is InChI=1S/C22H35N3O2/c1-4-6-8-17(5-2)22(27)25(19-12-13-19)16-21(26)24(18-10-11-18)15-20-9-7-14-23(20)3/h7,9,14,17-19H,4-6,8,10-13,15-16H2,1-3H3. The average Bonchev–Trinajstić information content (AvgIpc) is 3.57. The second-order valence-electron chi connectivity index (χ2n) is 8.31. The van der Waals surface area contributed by atoms with E-state index in [4.69, 9.17) is 0 Å². The first-order valence-electron chi connectivity index (χ1n) is 10.7. The third kappa shape index (κ3) is 5.14. The van der Waals surface area contributed by atoms with Crippen molar-refractivity contribution in [3.63, 3.8) is 0 Å². The Bertz CT molecular complexity index is 646. The van der Waals surface area contributed by atoms with Crippen molar-refractivity contribution >= 4 is 11.8 Å². The summed E-state index contributed by atoms with van der Waals surface area (Å²) in [6.45, 7) is 5.16. The van der Waals surface area contributed by atoms with Crippen molar-refractivity contribution in [2.24, 2.45) is 13.0 Å². The molecule has 1 atom stereocenters. The monoisotopic (exact) mass is 373 g/mol. The van der Waals surface area contributed by atoms with E-state index in [2.05, 4.69) is 24.5 Å². The highest BCUT2D eigenvalue weighted by molar-refractivity contribution is 5.86. The molecule has 0 bridgehead atoms. The summed E-state index contributed by atoms with van der Waals surface area (Å²) in [5, 5.41) is 0. The van der Waals surface area contributed by atoms with Crippen molar-refractivity contribution in [2.75, 3.05) is 6.54 Å². The molecule has 2 amide bonds. The van der Waals surface area contributed by atoms with Crippen molar-refractivity contribution in [3.8, 4) is 0 Å². The molecule has 2 aliphatic carbocycles. The molecule has 5 heteroatoms. The predicted molar refractivity (Wildman–Crippen MR) is 107 cm³/mol. The van der Waals surface area contributed by atoms with E-state index in [1.807, 2.05) is 29.1 Å². The summed E-state index contributed by atoms with van der Waals surface area (Å²) >= 11 is 0. The maximum Gasteiger partial charge on any atom is 0.242 e. The Morgan fingerprint density at radius 3 is 2.33 bits per heavy atom. The van der Waals surface area contributed by atoms with Gasteiger partial charge in [0.15, 0.2) is 0 Å². The van der Waals surface area contributed by atoms with Gasteiger partial charge in [-0.2, -0.15) is 0 Å². The van der Waals surface area contributed by atoms with Gasteiger partial charge in [-0.05, 0) is 50.7 Å². The fourth-order valence-electron chi connectivity index (χ4n) is 3.84. The van der Waals surface area contributed by atoms with Crippen molar-refractivity contribution in [1.82, 2.24) is 14.4 Å². The molecule has 1 aromatic heterocycles. The second-order valence-corrected chi connectivity index (χ2v) is 8.31. The van der Waals surface area contributed by atoms with Gasteiger partial charge < -0.3 is 14.4 Å². The number of carbonyl (C=O) groups excluding carboxylic acids is 2. The zero-order chi connectivity index (χ0) is 19.4. The molecule has 150 valence electrons. The number of amides is 2. The van der Waals surface area contributed by atoms with Gasteiger partial charge in [0, 0.05) is 36.9 Å². The lowest BCUT2D eigenvalue weighted by Gasteiger charge is -2.30. The van der Waals surface area contributed by atoms with Gasteiger partial charge in [-0.3, -0.25) is 9.59 Å². The maximum absolute atomic E-state index is 13.2. The molecule has 0 N–H and O–H groups in total. The highest BCUT2D eigenvalue weighted by atomic mass is 16.2. The van der Waals surface area contributed by atoms with Crippen LogP contribution in [0.3, 0.4) is 0 Å². The van der Waals surface area contributed by atoms with E-state index in [-0.39, 0.29) is 30.3 Å². The van der Waals surface area contributed by atoms with Gasteiger partial charge in [-0.25, -0.2) is 0 Å². The zero-order valence-electron chi connectivity index (χ0n) is 17.2. The number of hydrogen-bond donors (Lipinski definition) is 0. The molecule has 0 radical (unpaired) electrons. The fourth-order valence-corrected chi connectivity index (χ4v) is 3.84. The average molecular weight is 374 g/mol. The van der Waals surface area contributed by atoms with Crippen LogP contribution < -0.4 is 0 Å². The maximum atomic E-state index is 13.2. The van der Waals surface area contributed by atoms with E-state index >= 15 is 0 Å². The minimum Gasteiger partial charge on any atom is -0.353 e. The van der Waals surface area contributed by atoms with Gasteiger partial charge in [0.25, 0.3) is 0 Å². The van der Waals surface area contributed by atoms with E-state index in [1.165, 1.54) is 0 Å². The van der Waals surface area contributed by atoms with Crippen LogP contribution in [0.1, 0.15) is 70.9 Å². The molecule has 27 heavy (non-hydrogen) atoms. The van der Waals surface area contributed by atoms with Crippen LogP contribution >= 0.6 is 0 Å². The molecular weight excluding hydrogens is 338 g/mol. The van der Waals surface area contributed by atoms with Crippen molar-refractivity contribution in [3.05, 3.63) is 24.0 Å². The van der Waals surface area contributed by atoms with Crippen LogP contribution in [0, 0.1) is 5.92 Å². The summed E-state index contributed by atoms with van der Waals surface area (Å²) in [5.74, 6) is 0.390. The molecule has 0 aromatic carbocycles. The lowest BCUT2D eigenvalue weighted by atomic mass is 9.97. The van der Waals surface area contributed by atoms with Crippen molar-refractivity contribution in [1.29, 1.82) is 0 Å². The van der Waals surface area contributed by atoms with Crippen LogP contribution in [0.15, 0.2) is 18.3 Å². The first-order chi connectivity index (χ1) is 13.0. The molecule has 0 spiro atoms. The van der Waals surface area contributed by atoms with Crippen LogP contribution in [0.25, 0.3) is 0 Å². The molecule has 1 aromatic rings. The Morgan fingerprint density at radius 2 is 1.81 bits per heavy atom. The number of unbranched alkanes of at least 4 members (excludes halogenated alkanes) is 1. The Labute approximate surface area is 163 Å². The molecule has 2 aliphatic rings. The molecule has 0 saturated heterocycles. The highest BCUT2D eigenvalue weighted by Crippen LogP contribution is 2.32. The van der Waals surface area contributed by atoms with E-state index < -0.39 is 0 Å². The van der Waals surface area contributed by atoms with Gasteiger partial charge in [0.05, 0.1) is 6.54 Å².